The monoisotopic (exact) mass is 724 g/mol. The molecule has 0 bridgehead atoms. The Balaban J connectivity index is 1.65. The van der Waals surface area contributed by atoms with E-state index in [0.717, 1.165) is 67.9 Å². The van der Waals surface area contributed by atoms with Crippen LogP contribution < -0.4 is 9.64 Å². The Bertz CT molecular complexity index is 2420. The van der Waals surface area contributed by atoms with Crippen LogP contribution in [0.25, 0.3) is 28.0 Å². The van der Waals surface area contributed by atoms with Gasteiger partial charge < -0.3 is 18.6 Å². The number of nitrogens with zero attached hydrogens (tertiary/aromatic N) is 6. The molecule has 3 heterocycles. The molecule has 0 aliphatic carbocycles. The zero-order chi connectivity index (χ0) is 38.9. The molecule has 0 N–H and O–H groups in total. The summed E-state index contributed by atoms with van der Waals surface area (Å²) in [6.07, 6.45) is 0.0618. The highest BCUT2D eigenvalue weighted by atomic mass is 16.5. The lowest BCUT2D eigenvalue weighted by molar-refractivity contribution is -0.251. The van der Waals surface area contributed by atoms with E-state index in [1.807, 2.05) is 12.1 Å². The summed E-state index contributed by atoms with van der Waals surface area (Å²) in [5.74, 6) is 17.4. The molecule has 5 aromatic rings. The Kier molecular flexibility index (Phi) is 10.4. The number of hydrogen-bond acceptors (Lipinski definition) is 5. The zero-order valence-corrected chi connectivity index (χ0v) is 33.5. The van der Waals surface area contributed by atoms with E-state index in [-0.39, 0.29) is 0 Å². The van der Waals surface area contributed by atoms with Crippen LogP contribution >= 0.6 is 0 Å². The van der Waals surface area contributed by atoms with Crippen LogP contribution in [0.5, 0.6) is 5.75 Å². The Morgan fingerprint density at radius 3 is 1.73 bits per heavy atom. The van der Waals surface area contributed by atoms with E-state index < -0.39 is 6.42 Å². The fraction of sp³-hybridized carbons (Fsp3) is 0.234. The summed E-state index contributed by atoms with van der Waals surface area (Å²) in [5, 5.41) is 0. The van der Waals surface area contributed by atoms with Crippen LogP contribution in [-0.2, 0) is 0 Å². The smallest absolute Gasteiger partial charge is 0.434 e. The van der Waals surface area contributed by atoms with Crippen LogP contribution in [-0.4, -0.2) is 99.2 Å². The molecule has 7 rings (SSSR count). The van der Waals surface area contributed by atoms with Crippen LogP contribution in [0.15, 0.2) is 114 Å². The number of ether oxygens (including phenoxy) is 1. The third-order valence-electron chi connectivity index (χ3n) is 10.2. The van der Waals surface area contributed by atoms with E-state index in [2.05, 4.69) is 200 Å². The Labute approximate surface area is 326 Å². The largest absolute Gasteiger partial charge is 0.497 e. The van der Waals surface area contributed by atoms with E-state index in [4.69, 9.17) is 9.73 Å². The average Bonchev–Trinajstić information content (AvgIpc) is 3.76. The first-order chi connectivity index (χ1) is 26.5. The lowest BCUT2D eigenvalue weighted by Gasteiger charge is -2.38. The van der Waals surface area contributed by atoms with E-state index in [1.54, 1.807) is 7.11 Å². The van der Waals surface area contributed by atoms with Crippen LogP contribution in [0, 0.1) is 37.3 Å². The van der Waals surface area contributed by atoms with Gasteiger partial charge in [0.25, 0.3) is 5.84 Å². The third kappa shape index (κ3) is 7.28. The molecule has 0 unspecified atom stereocenters. The summed E-state index contributed by atoms with van der Waals surface area (Å²) in [7, 11) is 14.0. The van der Waals surface area contributed by atoms with Gasteiger partial charge in [0.15, 0.2) is 0 Å². The second kappa shape index (κ2) is 15.4. The lowest BCUT2D eigenvalue weighted by atomic mass is 9.45. The second-order valence-electron chi connectivity index (χ2n) is 15.2. The molecule has 55 heavy (non-hydrogen) atoms. The molecule has 1 aromatic heterocycles. The molecule has 0 fully saturated rings. The highest BCUT2D eigenvalue weighted by Crippen LogP contribution is 2.45. The zero-order valence-electron chi connectivity index (χ0n) is 33.5. The van der Waals surface area contributed by atoms with Crippen molar-refractivity contribution < 1.29 is 9.22 Å². The molecule has 8 heteroatoms. The first-order valence-corrected chi connectivity index (χ1v) is 18.7. The minimum absolute atomic E-state index is 0.574. The first kappa shape index (κ1) is 37.3. The van der Waals surface area contributed by atoms with Gasteiger partial charge >= 0.3 is 6.42 Å². The van der Waals surface area contributed by atoms with Crippen LogP contribution in [0.3, 0.4) is 0 Å². The average molecular weight is 725 g/mol. The number of rotatable bonds is 8. The maximum absolute atomic E-state index is 5.72. The molecule has 276 valence electrons. The molecule has 0 saturated heterocycles. The summed E-state index contributed by atoms with van der Waals surface area (Å²) in [5.41, 5.74) is 11.9. The molecule has 7 nitrogen and oxygen atoms in total. The van der Waals surface area contributed by atoms with Crippen molar-refractivity contribution in [1.29, 1.82) is 0 Å². The number of anilines is 1. The van der Waals surface area contributed by atoms with Gasteiger partial charge in [0.1, 0.15) is 5.75 Å². The van der Waals surface area contributed by atoms with Crippen LogP contribution in [0.2, 0.25) is 0 Å². The van der Waals surface area contributed by atoms with Crippen molar-refractivity contribution in [3.05, 3.63) is 131 Å². The number of fused-ring (bicyclic) bond motifs is 2. The minimum Gasteiger partial charge on any atom is -0.497 e. The molecule has 0 saturated carbocycles. The number of aromatic nitrogens is 1. The molecule has 0 amide bonds. The number of aryl methyl sites for hydroxylation is 2. The predicted molar refractivity (Wildman–Crippen MR) is 232 cm³/mol. The van der Waals surface area contributed by atoms with Gasteiger partial charge in [0, 0.05) is 36.6 Å². The van der Waals surface area contributed by atoms with Gasteiger partial charge in [-0.15, -0.1) is 11.8 Å². The maximum atomic E-state index is 5.72. The summed E-state index contributed by atoms with van der Waals surface area (Å²) in [6, 6.07) is 36.7. The van der Waals surface area contributed by atoms with Gasteiger partial charge in [-0.2, -0.15) is 0 Å². The standard InChI is InChI=1S/C47H49BN6O/c1-34-12-16-36(17-13-34)42-32-44(38-18-14-35(2)15-19-38)53-46(42)49-47-43(37-20-24-40(25-21-37)52(7)8)33-45(39-22-26-41(55-9)27-23-39)54(47)48(53,28-10-30-50(3)4)29-11-31-51(5)6/h12-27,32-33H,30-31H2,1-9H3. The Hall–Kier alpha value is -6.06. The highest BCUT2D eigenvalue weighted by Gasteiger charge is 2.49. The van der Waals surface area contributed by atoms with Crippen molar-refractivity contribution in [3.8, 4) is 51.6 Å². The summed E-state index contributed by atoms with van der Waals surface area (Å²) in [4.78, 5) is 12.0. The van der Waals surface area contributed by atoms with E-state index in [1.165, 1.54) is 11.1 Å². The van der Waals surface area contributed by atoms with Gasteiger partial charge in [0.05, 0.1) is 31.5 Å². The number of amidine groups is 1. The lowest BCUT2D eigenvalue weighted by Crippen LogP contribution is -2.58. The summed E-state index contributed by atoms with van der Waals surface area (Å²) in [6.45, 7) is 5.39. The molecule has 4 aromatic carbocycles. The van der Waals surface area contributed by atoms with Gasteiger partial charge in [-0.05, 0) is 112 Å². The molecule has 0 radical (unpaired) electrons. The van der Waals surface area contributed by atoms with Gasteiger partial charge in [-0.3, -0.25) is 9.80 Å². The number of methoxy groups -OCH3 is 1. The van der Waals surface area contributed by atoms with Crippen LogP contribution in [0.4, 0.5) is 11.5 Å². The van der Waals surface area contributed by atoms with Crippen molar-refractivity contribution in [2.24, 2.45) is 4.99 Å². The van der Waals surface area contributed by atoms with Crippen LogP contribution in [0.1, 0.15) is 22.3 Å². The predicted octanol–water partition coefficient (Wildman–Crippen LogP) is 7.65. The molecule has 0 spiro atoms. The fourth-order valence-electron chi connectivity index (χ4n) is 7.24. The molecule has 2 aliphatic heterocycles. The molecule has 2 aliphatic rings. The highest BCUT2D eigenvalue weighted by molar-refractivity contribution is 6.89. The number of aliphatic imine (C=N–C) groups is 1. The minimum atomic E-state index is -2.23. The first-order valence-electron chi connectivity index (χ1n) is 18.7. The van der Waals surface area contributed by atoms with Crippen molar-refractivity contribution in [2.45, 2.75) is 13.8 Å². The van der Waals surface area contributed by atoms with Gasteiger partial charge in [0.2, 0.25) is 5.82 Å². The Morgan fingerprint density at radius 1 is 0.673 bits per heavy atom. The summed E-state index contributed by atoms with van der Waals surface area (Å²) < 4.78 is 10.3. The number of benzene rings is 4. The quantitative estimate of drug-likeness (QED) is 0.122. The van der Waals surface area contributed by atoms with Gasteiger partial charge in [-0.25, -0.2) is 11.6 Å². The van der Waals surface area contributed by atoms with Gasteiger partial charge in [-0.1, -0.05) is 71.8 Å². The van der Waals surface area contributed by atoms with Crippen molar-refractivity contribution in [1.82, 2.24) is 14.3 Å². The Morgan fingerprint density at radius 2 is 1.20 bits per heavy atom. The van der Waals surface area contributed by atoms with E-state index in [9.17, 15) is 0 Å². The SMILES string of the molecule is COc1ccc(-c2cc(-c3ccc(N(C)C)cc3)c3n2[B-](C#CCN(C)C)(C#CCN(C)C)[N+]2=C(c4ccc(C)cc4)C=C(c4ccc(C)cc4)C2=N3)cc1. The number of hydrogen-bond donors (Lipinski definition) is 0. The topological polar surface area (TPSA) is 39.2 Å². The van der Waals surface area contributed by atoms with E-state index in [0.29, 0.717) is 13.1 Å². The molecule has 0 atom stereocenters. The molecular weight excluding hydrogens is 675 g/mol. The molecular formula is C47H49BN6O. The fourth-order valence-corrected chi connectivity index (χ4v) is 7.24. The maximum Gasteiger partial charge on any atom is 0.434 e. The summed E-state index contributed by atoms with van der Waals surface area (Å²) >= 11 is 0. The second-order valence-corrected chi connectivity index (χ2v) is 15.2. The normalized spacial score (nSPS) is 14.0. The van der Waals surface area contributed by atoms with E-state index >= 15 is 0 Å². The van der Waals surface area contributed by atoms with Crippen molar-refractivity contribution in [3.63, 3.8) is 0 Å². The third-order valence-corrected chi connectivity index (χ3v) is 10.2. The van der Waals surface area contributed by atoms with Crippen molar-refractivity contribution in [2.75, 3.05) is 67.4 Å². The van der Waals surface area contributed by atoms with Crippen molar-refractivity contribution >= 4 is 35.0 Å². The number of allylic oxidation sites excluding steroid dienone is 1.